The first-order chi connectivity index (χ1) is 12.3. The molecule has 5 rings (SSSR count). The molecule has 130 valence electrons. The van der Waals surface area contributed by atoms with Crippen molar-refractivity contribution in [3.05, 3.63) is 36.4 Å². The molecular weight excluding hydrogens is 312 g/mol. The van der Waals surface area contributed by atoms with Crippen molar-refractivity contribution in [2.24, 2.45) is 13.0 Å². The third-order valence-corrected chi connectivity index (χ3v) is 5.92. The van der Waals surface area contributed by atoms with Gasteiger partial charge in [0.1, 0.15) is 0 Å². The minimum Gasteiger partial charge on any atom is -0.350 e. The number of rotatable bonds is 3. The number of hydrogen-bond donors (Lipinski definition) is 0. The van der Waals surface area contributed by atoms with Gasteiger partial charge < -0.3 is 14.0 Å². The highest BCUT2D eigenvalue weighted by Gasteiger charge is 2.34. The van der Waals surface area contributed by atoms with Crippen molar-refractivity contribution in [2.45, 2.75) is 38.1 Å². The van der Waals surface area contributed by atoms with E-state index in [1.54, 1.807) is 0 Å². The van der Waals surface area contributed by atoms with E-state index in [2.05, 4.69) is 52.1 Å². The van der Waals surface area contributed by atoms with Crippen LogP contribution in [0.15, 0.2) is 35.0 Å². The number of aromatic nitrogens is 3. The summed E-state index contributed by atoms with van der Waals surface area (Å²) in [6, 6.07) is 9.15. The van der Waals surface area contributed by atoms with E-state index in [4.69, 9.17) is 9.51 Å². The van der Waals surface area contributed by atoms with Crippen LogP contribution in [0.25, 0.3) is 22.3 Å². The van der Waals surface area contributed by atoms with Crippen LogP contribution < -0.4 is 0 Å². The molecule has 0 N–H and O–H groups in total. The maximum absolute atomic E-state index is 5.60. The van der Waals surface area contributed by atoms with Gasteiger partial charge in [0.2, 0.25) is 11.7 Å². The lowest BCUT2D eigenvalue weighted by Gasteiger charge is -2.28. The first kappa shape index (κ1) is 15.1. The predicted molar refractivity (Wildman–Crippen MR) is 97.2 cm³/mol. The molecule has 4 heterocycles. The number of benzene rings is 1. The van der Waals surface area contributed by atoms with Gasteiger partial charge in [-0.3, -0.25) is 0 Å². The third-order valence-electron chi connectivity index (χ3n) is 5.92. The monoisotopic (exact) mass is 336 g/mol. The topological polar surface area (TPSA) is 47.1 Å². The second-order valence-electron chi connectivity index (χ2n) is 7.63. The second kappa shape index (κ2) is 5.99. The number of aryl methyl sites for hydroxylation is 1. The third kappa shape index (κ3) is 2.67. The molecule has 2 aromatic heterocycles. The Balaban J connectivity index is 1.37. The van der Waals surface area contributed by atoms with Crippen LogP contribution in [0.5, 0.6) is 0 Å². The van der Waals surface area contributed by atoms with Gasteiger partial charge in [-0.15, -0.1) is 0 Å². The molecule has 0 bridgehead atoms. The van der Waals surface area contributed by atoms with Gasteiger partial charge in [-0.2, -0.15) is 4.98 Å². The van der Waals surface area contributed by atoms with Gasteiger partial charge in [0.15, 0.2) is 0 Å². The number of para-hydroxylation sites is 1. The Kier molecular flexibility index (Phi) is 3.63. The van der Waals surface area contributed by atoms with Crippen molar-refractivity contribution in [3.63, 3.8) is 0 Å². The fraction of sp³-hybridized carbons (Fsp3) is 0.500. The summed E-state index contributed by atoms with van der Waals surface area (Å²) in [7, 11) is 2.06. The zero-order valence-corrected chi connectivity index (χ0v) is 14.7. The van der Waals surface area contributed by atoms with Crippen molar-refractivity contribution < 1.29 is 4.52 Å². The summed E-state index contributed by atoms with van der Waals surface area (Å²) in [4.78, 5) is 7.38. The molecule has 0 saturated carbocycles. The molecule has 2 atom stereocenters. The van der Waals surface area contributed by atoms with Gasteiger partial charge in [0.25, 0.3) is 0 Å². The SMILES string of the molecule is Cn1cc(-c2noc(CC3CC4CCCCN4C3)n2)c2ccccc21. The van der Waals surface area contributed by atoms with Crippen molar-refractivity contribution >= 4 is 10.9 Å². The lowest BCUT2D eigenvalue weighted by atomic mass is 9.98. The van der Waals surface area contributed by atoms with Crippen LogP contribution in [0.4, 0.5) is 0 Å². The normalized spacial score (nSPS) is 24.0. The molecule has 5 heteroatoms. The van der Waals surface area contributed by atoms with Crippen LogP contribution in [0, 0.1) is 5.92 Å². The molecule has 2 saturated heterocycles. The average molecular weight is 336 g/mol. The molecule has 0 radical (unpaired) electrons. The van der Waals surface area contributed by atoms with Gasteiger partial charge in [-0.05, 0) is 37.8 Å². The van der Waals surface area contributed by atoms with Gasteiger partial charge in [0.05, 0.1) is 0 Å². The predicted octanol–water partition coefficient (Wildman–Crippen LogP) is 3.65. The van der Waals surface area contributed by atoms with Crippen LogP contribution in [-0.4, -0.2) is 38.7 Å². The standard InChI is InChI=1S/C20H24N4O/c1-23-13-17(16-7-2-3-8-18(16)23)20-21-19(25-22-20)11-14-10-15-6-4-5-9-24(15)12-14/h2-3,7-8,13-15H,4-6,9-12H2,1H3. The summed E-state index contributed by atoms with van der Waals surface area (Å²) in [6.07, 6.45) is 8.39. The van der Waals surface area contributed by atoms with E-state index in [1.165, 1.54) is 49.7 Å². The summed E-state index contributed by atoms with van der Waals surface area (Å²) in [5, 5.41) is 5.45. The van der Waals surface area contributed by atoms with E-state index in [1.807, 2.05) is 0 Å². The molecule has 2 aliphatic heterocycles. The van der Waals surface area contributed by atoms with Gasteiger partial charge in [-0.25, -0.2) is 0 Å². The zero-order chi connectivity index (χ0) is 16.8. The zero-order valence-electron chi connectivity index (χ0n) is 14.7. The molecular formula is C20H24N4O. The number of fused-ring (bicyclic) bond motifs is 2. The highest BCUT2D eigenvalue weighted by molar-refractivity contribution is 5.94. The summed E-state index contributed by atoms with van der Waals surface area (Å²) in [6.45, 7) is 2.46. The van der Waals surface area contributed by atoms with E-state index in [9.17, 15) is 0 Å². The number of piperidine rings is 1. The summed E-state index contributed by atoms with van der Waals surface area (Å²) in [5.41, 5.74) is 2.24. The maximum atomic E-state index is 5.60. The molecule has 25 heavy (non-hydrogen) atoms. The first-order valence-corrected chi connectivity index (χ1v) is 9.39. The summed E-state index contributed by atoms with van der Waals surface area (Å²) >= 11 is 0. The minimum absolute atomic E-state index is 0.656. The molecule has 0 amide bonds. The van der Waals surface area contributed by atoms with Crippen molar-refractivity contribution in [3.8, 4) is 11.4 Å². The van der Waals surface area contributed by atoms with Gasteiger partial charge in [-0.1, -0.05) is 29.8 Å². The van der Waals surface area contributed by atoms with Crippen LogP contribution in [0.3, 0.4) is 0 Å². The Morgan fingerprint density at radius 2 is 2.16 bits per heavy atom. The van der Waals surface area contributed by atoms with Gasteiger partial charge in [0, 0.05) is 48.7 Å². The van der Waals surface area contributed by atoms with E-state index in [-0.39, 0.29) is 0 Å². The largest absolute Gasteiger partial charge is 0.350 e. The Bertz CT molecular complexity index is 882. The van der Waals surface area contributed by atoms with Gasteiger partial charge >= 0.3 is 0 Å². The highest BCUT2D eigenvalue weighted by atomic mass is 16.5. The minimum atomic E-state index is 0.656. The van der Waals surface area contributed by atoms with E-state index in [0.29, 0.717) is 11.7 Å². The highest BCUT2D eigenvalue weighted by Crippen LogP contribution is 2.33. The molecule has 0 spiro atoms. The smallest absolute Gasteiger partial charge is 0.227 e. The lowest BCUT2D eigenvalue weighted by molar-refractivity contribution is 0.196. The van der Waals surface area contributed by atoms with Crippen LogP contribution in [0.2, 0.25) is 0 Å². The van der Waals surface area contributed by atoms with Crippen LogP contribution in [0.1, 0.15) is 31.6 Å². The molecule has 0 aliphatic carbocycles. The fourth-order valence-electron chi connectivity index (χ4n) is 4.72. The number of nitrogens with zero attached hydrogens (tertiary/aromatic N) is 4. The van der Waals surface area contributed by atoms with Crippen molar-refractivity contribution in [1.82, 2.24) is 19.6 Å². The lowest BCUT2D eigenvalue weighted by Crippen LogP contribution is -2.34. The summed E-state index contributed by atoms with van der Waals surface area (Å²) in [5.74, 6) is 2.15. The maximum Gasteiger partial charge on any atom is 0.227 e. The summed E-state index contributed by atoms with van der Waals surface area (Å²) < 4.78 is 7.72. The molecule has 1 aromatic carbocycles. The molecule has 5 nitrogen and oxygen atoms in total. The molecule has 3 aromatic rings. The fourth-order valence-corrected chi connectivity index (χ4v) is 4.72. The van der Waals surface area contributed by atoms with Crippen LogP contribution >= 0.6 is 0 Å². The molecule has 2 unspecified atom stereocenters. The Morgan fingerprint density at radius 1 is 1.24 bits per heavy atom. The molecule has 2 aliphatic rings. The Hall–Kier alpha value is -2.14. The quantitative estimate of drug-likeness (QED) is 0.732. The van der Waals surface area contributed by atoms with Crippen molar-refractivity contribution in [2.75, 3.05) is 13.1 Å². The van der Waals surface area contributed by atoms with E-state index < -0.39 is 0 Å². The van der Waals surface area contributed by atoms with Crippen LogP contribution in [-0.2, 0) is 13.5 Å². The van der Waals surface area contributed by atoms with E-state index >= 15 is 0 Å². The van der Waals surface area contributed by atoms with Crippen molar-refractivity contribution in [1.29, 1.82) is 0 Å². The van der Waals surface area contributed by atoms with E-state index in [0.717, 1.165) is 23.9 Å². The second-order valence-corrected chi connectivity index (χ2v) is 7.63. The Labute approximate surface area is 147 Å². The average Bonchev–Trinajstić information content (AvgIpc) is 3.33. The Morgan fingerprint density at radius 3 is 3.08 bits per heavy atom. The number of hydrogen-bond acceptors (Lipinski definition) is 4. The molecule has 2 fully saturated rings. The first-order valence-electron chi connectivity index (χ1n) is 9.39.